The standard InChI is InChI=1S/C17H17BrN2O4/c1-10-8-11(18)4-6-13(10)19-16(21)17(22)20-14-9-12(23-2)5-7-15(14)24-3/h4-9H,1-3H3,(H,19,21)(H,20,22). The highest BCUT2D eigenvalue weighted by Crippen LogP contribution is 2.29. The van der Waals surface area contributed by atoms with Gasteiger partial charge in [-0.25, -0.2) is 0 Å². The van der Waals surface area contributed by atoms with Crippen molar-refractivity contribution in [3.63, 3.8) is 0 Å². The molecule has 2 aromatic carbocycles. The lowest BCUT2D eigenvalue weighted by molar-refractivity contribution is -0.133. The molecule has 0 fully saturated rings. The maximum Gasteiger partial charge on any atom is 0.314 e. The fourth-order valence-electron chi connectivity index (χ4n) is 2.04. The average molecular weight is 393 g/mol. The van der Waals surface area contributed by atoms with E-state index in [0.29, 0.717) is 22.9 Å². The second-order valence-corrected chi connectivity index (χ2v) is 5.85. The first-order chi connectivity index (χ1) is 11.4. The second-order valence-electron chi connectivity index (χ2n) is 4.93. The molecule has 0 aliphatic carbocycles. The lowest BCUT2D eigenvalue weighted by Crippen LogP contribution is -2.29. The SMILES string of the molecule is COc1ccc(OC)c(NC(=O)C(=O)Nc2ccc(Br)cc2C)c1. The van der Waals surface area contributed by atoms with Gasteiger partial charge in [0.15, 0.2) is 0 Å². The highest BCUT2D eigenvalue weighted by Gasteiger charge is 2.17. The number of halogens is 1. The summed E-state index contributed by atoms with van der Waals surface area (Å²) in [7, 11) is 2.99. The van der Waals surface area contributed by atoms with E-state index in [2.05, 4.69) is 26.6 Å². The molecule has 0 aliphatic heterocycles. The van der Waals surface area contributed by atoms with Gasteiger partial charge in [-0.3, -0.25) is 9.59 Å². The summed E-state index contributed by atoms with van der Waals surface area (Å²) >= 11 is 3.35. The zero-order valence-electron chi connectivity index (χ0n) is 13.5. The summed E-state index contributed by atoms with van der Waals surface area (Å²) in [6.45, 7) is 1.84. The van der Waals surface area contributed by atoms with E-state index in [0.717, 1.165) is 10.0 Å². The summed E-state index contributed by atoms with van der Waals surface area (Å²) in [5, 5.41) is 5.10. The smallest absolute Gasteiger partial charge is 0.314 e. The van der Waals surface area contributed by atoms with Crippen LogP contribution in [0.1, 0.15) is 5.56 Å². The molecule has 2 aromatic rings. The minimum absolute atomic E-state index is 0.351. The monoisotopic (exact) mass is 392 g/mol. The van der Waals surface area contributed by atoms with Crippen LogP contribution in [0.4, 0.5) is 11.4 Å². The van der Waals surface area contributed by atoms with Crippen LogP contribution in [0.5, 0.6) is 11.5 Å². The fourth-order valence-corrected chi connectivity index (χ4v) is 2.51. The van der Waals surface area contributed by atoms with E-state index < -0.39 is 11.8 Å². The maximum atomic E-state index is 12.1. The highest BCUT2D eigenvalue weighted by atomic mass is 79.9. The summed E-state index contributed by atoms with van der Waals surface area (Å²) in [6, 6.07) is 10.3. The van der Waals surface area contributed by atoms with E-state index >= 15 is 0 Å². The lowest BCUT2D eigenvalue weighted by atomic mass is 10.2. The van der Waals surface area contributed by atoms with Crippen LogP contribution >= 0.6 is 15.9 Å². The molecule has 0 radical (unpaired) electrons. The van der Waals surface area contributed by atoms with Gasteiger partial charge in [-0.2, -0.15) is 0 Å². The molecule has 7 heteroatoms. The van der Waals surface area contributed by atoms with Crippen molar-refractivity contribution in [3.05, 3.63) is 46.4 Å². The van der Waals surface area contributed by atoms with Crippen LogP contribution in [0.25, 0.3) is 0 Å². The van der Waals surface area contributed by atoms with E-state index in [1.165, 1.54) is 14.2 Å². The number of hydrogen-bond donors (Lipinski definition) is 2. The zero-order valence-corrected chi connectivity index (χ0v) is 15.1. The Hall–Kier alpha value is -2.54. The molecule has 2 amide bonds. The van der Waals surface area contributed by atoms with Gasteiger partial charge < -0.3 is 20.1 Å². The third kappa shape index (κ3) is 4.26. The predicted octanol–water partition coefficient (Wildman–Crippen LogP) is 3.35. The number of rotatable bonds is 4. The van der Waals surface area contributed by atoms with Gasteiger partial charge in [-0.1, -0.05) is 15.9 Å². The number of ether oxygens (including phenoxy) is 2. The van der Waals surface area contributed by atoms with Crippen molar-refractivity contribution in [3.8, 4) is 11.5 Å². The zero-order chi connectivity index (χ0) is 17.7. The molecule has 2 rings (SSSR count). The topological polar surface area (TPSA) is 76.7 Å². The molecule has 2 N–H and O–H groups in total. The lowest BCUT2D eigenvalue weighted by Gasteiger charge is -2.12. The number of amides is 2. The quantitative estimate of drug-likeness (QED) is 0.782. The molecule has 6 nitrogen and oxygen atoms in total. The highest BCUT2D eigenvalue weighted by molar-refractivity contribution is 9.10. The first kappa shape index (κ1) is 17.8. The van der Waals surface area contributed by atoms with E-state index in [4.69, 9.17) is 9.47 Å². The van der Waals surface area contributed by atoms with Crippen LogP contribution in [0, 0.1) is 6.92 Å². The molecule has 126 valence electrons. The number of methoxy groups -OCH3 is 2. The van der Waals surface area contributed by atoms with Gasteiger partial charge in [0.2, 0.25) is 0 Å². The van der Waals surface area contributed by atoms with E-state index in [9.17, 15) is 9.59 Å². The third-order valence-corrected chi connectivity index (χ3v) is 3.79. The second kappa shape index (κ2) is 7.83. The molecule has 0 unspecified atom stereocenters. The largest absolute Gasteiger partial charge is 0.497 e. The van der Waals surface area contributed by atoms with Gasteiger partial charge in [-0.05, 0) is 42.8 Å². The number of nitrogens with one attached hydrogen (secondary N) is 2. The Balaban J connectivity index is 2.13. The van der Waals surface area contributed by atoms with Crippen LogP contribution in [0.3, 0.4) is 0 Å². The Labute approximate surface area is 148 Å². The molecule has 0 aromatic heterocycles. The number of hydrogen-bond acceptors (Lipinski definition) is 4. The summed E-state index contributed by atoms with van der Waals surface area (Å²) in [4.78, 5) is 24.2. The molecular weight excluding hydrogens is 376 g/mol. The Bertz CT molecular complexity index is 777. The molecule has 0 saturated heterocycles. The fraction of sp³-hybridized carbons (Fsp3) is 0.176. The van der Waals surface area contributed by atoms with Gasteiger partial charge in [-0.15, -0.1) is 0 Å². The Kier molecular flexibility index (Phi) is 5.81. The summed E-state index contributed by atoms with van der Waals surface area (Å²) in [5.74, 6) is -0.610. The van der Waals surface area contributed by atoms with Crippen molar-refractivity contribution in [1.29, 1.82) is 0 Å². The van der Waals surface area contributed by atoms with Crippen LogP contribution in [-0.4, -0.2) is 26.0 Å². The van der Waals surface area contributed by atoms with E-state index in [1.54, 1.807) is 30.3 Å². The van der Waals surface area contributed by atoms with Crippen molar-refractivity contribution in [2.75, 3.05) is 24.9 Å². The van der Waals surface area contributed by atoms with Crippen molar-refractivity contribution >= 4 is 39.1 Å². The van der Waals surface area contributed by atoms with Gasteiger partial charge >= 0.3 is 11.8 Å². The van der Waals surface area contributed by atoms with Crippen LogP contribution in [0.15, 0.2) is 40.9 Å². The molecule has 0 aliphatic rings. The number of carbonyl (C=O) groups is 2. The average Bonchev–Trinajstić information content (AvgIpc) is 2.57. The van der Waals surface area contributed by atoms with Crippen molar-refractivity contribution in [1.82, 2.24) is 0 Å². The molecule has 0 spiro atoms. The van der Waals surface area contributed by atoms with Gasteiger partial charge in [0.1, 0.15) is 11.5 Å². The van der Waals surface area contributed by atoms with Crippen LogP contribution < -0.4 is 20.1 Å². The van der Waals surface area contributed by atoms with Crippen LogP contribution in [-0.2, 0) is 9.59 Å². The minimum Gasteiger partial charge on any atom is -0.497 e. The van der Waals surface area contributed by atoms with Gasteiger partial charge in [0, 0.05) is 16.2 Å². The Morgan fingerprint density at radius 1 is 0.917 bits per heavy atom. The molecular formula is C17H17BrN2O4. The van der Waals surface area contributed by atoms with Crippen molar-refractivity contribution in [2.24, 2.45) is 0 Å². The summed E-state index contributed by atoms with van der Waals surface area (Å²) in [5.41, 5.74) is 1.75. The number of anilines is 2. The molecule has 0 bridgehead atoms. The summed E-state index contributed by atoms with van der Waals surface area (Å²) < 4.78 is 11.2. The van der Waals surface area contributed by atoms with Gasteiger partial charge in [0.05, 0.1) is 19.9 Å². The maximum absolute atomic E-state index is 12.1. The van der Waals surface area contributed by atoms with Crippen LogP contribution in [0.2, 0.25) is 0 Å². The first-order valence-electron chi connectivity index (χ1n) is 7.05. The Morgan fingerprint density at radius 2 is 1.58 bits per heavy atom. The molecule has 0 atom stereocenters. The van der Waals surface area contributed by atoms with Crippen molar-refractivity contribution in [2.45, 2.75) is 6.92 Å². The first-order valence-corrected chi connectivity index (χ1v) is 7.84. The molecule has 0 saturated carbocycles. The van der Waals surface area contributed by atoms with Crippen molar-refractivity contribution < 1.29 is 19.1 Å². The Morgan fingerprint density at radius 3 is 2.17 bits per heavy atom. The normalized spacial score (nSPS) is 10.0. The third-order valence-electron chi connectivity index (χ3n) is 3.30. The van der Waals surface area contributed by atoms with E-state index in [-0.39, 0.29) is 0 Å². The predicted molar refractivity (Wildman–Crippen MR) is 95.7 cm³/mol. The molecule has 24 heavy (non-hydrogen) atoms. The number of aryl methyl sites for hydroxylation is 1. The van der Waals surface area contributed by atoms with Gasteiger partial charge in [0.25, 0.3) is 0 Å². The summed E-state index contributed by atoms with van der Waals surface area (Å²) in [6.07, 6.45) is 0. The number of carbonyl (C=O) groups excluding carboxylic acids is 2. The number of benzene rings is 2. The molecule has 0 heterocycles. The van der Waals surface area contributed by atoms with E-state index in [1.807, 2.05) is 13.0 Å². The minimum atomic E-state index is -0.802.